The number of nitro groups is 1. The van der Waals surface area contributed by atoms with E-state index in [4.69, 9.17) is 16.3 Å². The fourth-order valence-corrected chi connectivity index (χ4v) is 3.78. The number of methoxy groups -OCH3 is 1. The van der Waals surface area contributed by atoms with Crippen LogP contribution in [0.25, 0.3) is 6.08 Å². The molecule has 1 saturated carbocycles. The van der Waals surface area contributed by atoms with Gasteiger partial charge in [-0.05, 0) is 42.7 Å². The third-order valence-corrected chi connectivity index (χ3v) is 5.47. The Morgan fingerprint density at radius 1 is 1.16 bits per heavy atom. The molecule has 0 spiro atoms. The van der Waals surface area contributed by atoms with Gasteiger partial charge in [0.2, 0.25) is 0 Å². The Bertz CT molecular complexity index is 1050. The summed E-state index contributed by atoms with van der Waals surface area (Å²) in [4.78, 5) is 36.6. The average Bonchev–Trinajstić information content (AvgIpc) is 2.79. The number of amides is 2. The second-order valence-corrected chi connectivity index (χ2v) is 7.95. The molecule has 168 valence electrons. The first-order valence-corrected chi connectivity index (χ1v) is 10.7. The Hall–Kier alpha value is -3.39. The predicted molar refractivity (Wildman–Crippen MR) is 122 cm³/mol. The Morgan fingerprint density at radius 3 is 2.59 bits per heavy atom. The summed E-state index contributed by atoms with van der Waals surface area (Å²) < 4.78 is 5.23. The van der Waals surface area contributed by atoms with Crippen LogP contribution in [0.3, 0.4) is 0 Å². The third kappa shape index (κ3) is 6.07. The molecule has 1 fully saturated rings. The molecule has 0 saturated heterocycles. The van der Waals surface area contributed by atoms with Gasteiger partial charge < -0.3 is 15.4 Å². The molecule has 2 amide bonds. The van der Waals surface area contributed by atoms with Gasteiger partial charge in [0.05, 0.1) is 17.6 Å². The number of nitrogens with zero attached hydrogens (tertiary/aromatic N) is 1. The van der Waals surface area contributed by atoms with E-state index in [1.54, 1.807) is 18.2 Å². The molecule has 0 aliphatic heterocycles. The molecule has 1 aliphatic carbocycles. The van der Waals surface area contributed by atoms with Crippen LogP contribution in [0, 0.1) is 10.1 Å². The Labute approximate surface area is 190 Å². The zero-order chi connectivity index (χ0) is 23.1. The van der Waals surface area contributed by atoms with E-state index in [2.05, 4.69) is 10.6 Å². The number of non-ortho nitro benzene ring substituents is 1. The molecule has 2 aromatic rings. The van der Waals surface area contributed by atoms with E-state index in [1.165, 1.54) is 37.5 Å². The van der Waals surface area contributed by atoms with Crippen LogP contribution in [0.2, 0.25) is 5.02 Å². The topological polar surface area (TPSA) is 111 Å². The molecule has 0 radical (unpaired) electrons. The fourth-order valence-electron chi connectivity index (χ4n) is 3.61. The van der Waals surface area contributed by atoms with Crippen LogP contribution >= 0.6 is 11.6 Å². The molecule has 1 aliphatic rings. The molecule has 32 heavy (non-hydrogen) atoms. The highest BCUT2D eigenvalue weighted by molar-refractivity contribution is 6.31. The van der Waals surface area contributed by atoms with Crippen molar-refractivity contribution in [2.24, 2.45) is 0 Å². The highest BCUT2D eigenvalue weighted by Crippen LogP contribution is 2.23. The molecule has 9 heteroatoms. The van der Waals surface area contributed by atoms with E-state index in [9.17, 15) is 19.7 Å². The number of benzene rings is 2. The highest BCUT2D eigenvalue weighted by Gasteiger charge is 2.22. The summed E-state index contributed by atoms with van der Waals surface area (Å²) in [5.74, 6) is -0.744. The first kappa shape index (κ1) is 23.3. The smallest absolute Gasteiger partial charge is 0.270 e. The van der Waals surface area contributed by atoms with E-state index in [0.717, 1.165) is 32.1 Å². The van der Waals surface area contributed by atoms with Crippen molar-refractivity contribution in [3.05, 3.63) is 74.4 Å². The minimum atomic E-state index is -0.583. The maximum absolute atomic E-state index is 13.0. The van der Waals surface area contributed by atoms with Gasteiger partial charge in [0.1, 0.15) is 11.4 Å². The lowest BCUT2D eigenvalue weighted by molar-refractivity contribution is -0.384. The van der Waals surface area contributed by atoms with Crippen LogP contribution in [0.1, 0.15) is 48.0 Å². The quantitative estimate of drug-likeness (QED) is 0.362. The zero-order valence-corrected chi connectivity index (χ0v) is 18.4. The van der Waals surface area contributed by atoms with Crippen LogP contribution in [-0.2, 0) is 4.79 Å². The van der Waals surface area contributed by atoms with E-state index < -0.39 is 16.7 Å². The molecule has 0 heterocycles. The van der Waals surface area contributed by atoms with Gasteiger partial charge in [0.15, 0.2) is 0 Å². The van der Waals surface area contributed by atoms with Crippen LogP contribution < -0.4 is 15.4 Å². The van der Waals surface area contributed by atoms with Crippen LogP contribution in [-0.4, -0.2) is 29.9 Å². The van der Waals surface area contributed by atoms with Crippen LogP contribution in [0.15, 0.2) is 48.2 Å². The SMILES string of the molecule is COc1ccc(Cl)cc1C(=O)N/C(=C\c1cccc([N+](=O)[O-])c1)C(=O)NC1CCCCC1. The number of rotatable bonds is 7. The number of nitro benzene ring substituents is 1. The lowest BCUT2D eigenvalue weighted by Gasteiger charge is -2.23. The monoisotopic (exact) mass is 457 g/mol. The largest absolute Gasteiger partial charge is 0.496 e. The van der Waals surface area contributed by atoms with Gasteiger partial charge in [0, 0.05) is 23.2 Å². The van der Waals surface area contributed by atoms with Gasteiger partial charge in [0.25, 0.3) is 17.5 Å². The van der Waals surface area contributed by atoms with Crippen molar-refractivity contribution < 1.29 is 19.2 Å². The summed E-state index contributed by atoms with van der Waals surface area (Å²) in [5.41, 5.74) is 0.429. The number of hydrogen-bond donors (Lipinski definition) is 2. The Kier molecular flexibility index (Phi) is 7.83. The second kappa shape index (κ2) is 10.8. The van der Waals surface area contributed by atoms with Gasteiger partial charge >= 0.3 is 0 Å². The van der Waals surface area contributed by atoms with Crippen LogP contribution in [0.4, 0.5) is 5.69 Å². The maximum atomic E-state index is 13.0. The summed E-state index contributed by atoms with van der Waals surface area (Å²) in [6.45, 7) is 0. The first-order chi connectivity index (χ1) is 15.4. The van der Waals surface area contributed by atoms with E-state index in [0.29, 0.717) is 16.3 Å². The van der Waals surface area contributed by atoms with Crippen molar-refractivity contribution >= 4 is 35.2 Å². The van der Waals surface area contributed by atoms with Crippen molar-refractivity contribution in [3.63, 3.8) is 0 Å². The highest BCUT2D eigenvalue weighted by atomic mass is 35.5. The van der Waals surface area contributed by atoms with Gasteiger partial charge in [-0.1, -0.05) is 43.0 Å². The van der Waals surface area contributed by atoms with Gasteiger partial charge in [-0.15, -0.1) is 0 Å². The second-order valence-electron chi connectivity index (χ2n) is 7.52. The van der Waals surface area contributed by atoms with Crippen molar-refractivity contribution in [1.82, 2.24) is 10.6 Å². The number of hydrogen-bond acceptors (Lipinski definition) is 5. The predicted octanol–water partition coefficient (Wildman–Crippen LogP) is 4.48. The minimum absolute atomic E-state index is 0.0161. The molecule has 8 nitrogen and oxygen atoms in total. The minimum Gasteiger partial charge on any atom is -0.496 e. The van der Waals surface area contributed by atoms with Gasteiger partial charge in [-0.25, -0.2) is 0 Å². The molecule has 0 atom stereocenters. The van der Waals surface area contributed by atoms with E-state index in [-0.39, 0.29) is 23.0 Å². The Morgan fingerprint density at radius 2 is 1.91 bits per heavy atom. The molecular formula is C23H24ClN3O5. The maximum Gasteiger partial charge on any atom is 0.270 e. The summed E-state index contributed by atoms with van der Waals surface area (Å²) in [6.07, 6.45) is 6.34. The van der Waals surface area contributed by atoms with Crippen molar-refractivity contribution in [2.75, 3.05) is 7.11 Å². The van der Waals surface area contributed by atoms with Gasteiger partial charge in [-0.2, -0.15) is 0 Å². The number of nitrogens with one attached hydrogen (secondary N) is 2. The lowest BCUT2D eigenvalue weighted by Crippen LogP contribution is -2.41. The average molecular weight is 458 g/mol. The third-order valence-electron chi connectivity index (χ3n) is 5.23. The molecule has 0 bridgehead atoms. The van der Waals surface area contributed by atoms with Crippen molar-refractivity contribution in [1.29, 1.82) is 0 Å². The molecular weight excluding hydrogens is 434 g/mol. The number of carbonyl (C=O) groups is 2. The van der Waals surface area contributed by atoms with Crippen molar-refractivity contribution in [2.45, 2.75) is 38.1 Å². The molecule has 2 N–H and O–H groups in total. The fraction of sp³-hybridized carbons (Fsp3) is 0.304. The summed E-state index contributed by atoms with van der Waals surface area (Å²) in [5, 5.41) is 17.0. The molecule has 0 unspecified atom stereocenters. The number of carbonyl (C=O) groups excluding carboxylic acids is 2. The normalized spacial score (nSPS) is 14.5. The Balaban J connectivity index is 1.92. The molecule has 0 aromatic heterocycles. The van der Waals surface area contributed by atoms with Gasteiger partial charge in [-0.3, -0.25) is 19.7 Å². The zero-order valence-electron chi connectivity index (χ0n) is 17.6. The summed E-state index contributed by atoms with van der Waals surface area (Å²) in [7, 11) is 1.43. The van der Waals surface area contributed by atoms with Crippen molar-refractivity contribution in [3.8, 4) is 5.75 Å². The van der Waals surface area contributed by atoms with E-state index in [1.807, 2.05) is 0 Å². The number of ether oxygens (including phenoxy) is 1. The lowest BCUT2D eigenvalue weighted by atomic mass is 9.95. The summed E-state index contributed by atoms with van der Waals surface area (Å²) >= 11 is 6.03. The molecule has 2 aromatic carbocycles. The van der Waals surface area contributed by atoms with E-state index >= 15 is 0 Å². The first-order valence-electron chi connectivity index (χ1n) is 10.3. The van der Waals surface area contributed by atoms with Crippen LogP contribution in [0.5, 0.6) is 5.75 Å². The molecule has 3 rings (SSSR count). The summed E-state index contributed by atoms with van der Waals surface area (Å²) in [6, 6.07) is 10.4. The standard InChI is InChI=1S/C23H24ClN3O5/c1-32-21-11-10-16(24)14-19(21)22(28)26-20(23(29)25-17-7-3-2-4-8-17)13-15-6-5-9-18(12-15)27(30)31/h5-6,9-14,17H,2-4,7-8H2,1H3,(H,25,29)(H,26,28)/b20-13-. The number of halogens is 1.